The monoisotopic (exact) mass is 215 g/mol. The largest absolute Gasteiger partial charge is 0.320 e. The summed E-state index contributed by atoms with van der Waals surface area (Å²) in [6.07, 6.45) is 3.68. The third-order valence-corrected chi connectivity index (χ3v) is 3.05. The molecule has 0 aliphatic rings. The van der Waals surface area contributed by atoms with Gasteiger partial charge in [0.15, 0.2) is 5.78 Å². The molecule has 0 aromatic carbocycles. The van der Waals surface area contributed by atoms with E-state index in [0.717, 1.165) is 17.5 Å². The summed E-state index contributed by atoms with van der Waals surface area (Å²) in [6.45, 7) is 6.10. The van der Waals surface area contributed by atoms with E-state index in [-0.39, 0.29) is 5.78 Å². The number of carbonyl (C=O) groups is 1. The fraction of sp³-hybridized carbons (Fsp3) is 0.357. The Labute approximate surface area is 95.9 Å². The second kappa shape index (κ2) is 4.12. The molecular weight excluding hydrogens is 198 g/mol. The van der Waals surface area contributed by atoms with Gasteiger partial charge in [0.1, 0.15) is 0 Å². The lowest BCUT2D eigenvalue weighted by Crippen LogP contribution is -2.01. The van der Waals surface area contributed by atoms with Gasteiger partial charge < -0.3 is 4.40 Å². The van der Waals surface area contributed by atoms with Crippen molar-refractivity contribution in [3.05, 3.63) is 41.2 Å². The average Bonchev–Trinajstić information content (AvgIpc) is 2.73. The molecule has 2 aromatic rings. The molecule has 0 saturated carbocycles. The van der Waals surface area contributed by atoms with Gasteiger partial charge in [-0.15, -0.1) is 0 Å². The molecule has 0 fully saturated rings. The number of nitrogens with zero attached hydrogens (tertiary/aromatic N) is 1. The number of ketones is 1. The predicted molar refractivity (Wildman–Crippen MR) is 66.1 cm³/mol. The smallest absolute Gasteiger partial charge is 0.164 e. The van der Waals surface area contributed by atoms with E-state index in [9.17, 15) is 4.79 Å². The molecule has 2 heterocycles. The Morgan fingerprint density at radius 2 is 2.06 bits per heavy atom. The van der Waals surface area contributed by atoms with Crippen LogP contribution in [-0.2, 0) is 6.42 Å². The van der Waals surface area contributed by atoms with E-state index < -0.39 is 0 Å². The molecule has 16 heavy (non-hydrogen) atoms. The number of fused-ring (bicyclic) bond motifs is 1. The maximum atomic E-state index is 11.8. The van der Waals surface area contributed by atoms with Crippen LogP contribution >= 0.6 is 0 Å². The number of pyridine rings is 1. The fourth-order valence-corrected chi connectivity index (χ4v) is 2.01. The number of Topliss-reactive ketones (excluding diaryl/α,β-unsaturated/α-hetero) is 1. The molecule has 0 N–H and O–H groups in total. The molecule has 2 aromatic heterocycles. The first-order valence-electron chi connectivity index (χ1n) is 5.81. The van der Waals surface area contributed by atoms with Gasteiger partial charge in [-0.25, -0.2) is 0 Å². The van der Waals surface area contributed by atoms with Gasteiger partial charge in [-0.3, -0.25) is 4.79 Å². The molecular formula is C14H17NO. The molecule has 0 aliphatic carbocycles. The van der Waals surface area contributed by atoms with E-state index >= 15 is 0 Å². The normalized spacial score (nSPS) is 10.9. The maximum Gasteiger partial charge on any atom is 0.164 e. The van der Waals surface area contributed by atoms with Gasteiger partial charge in [-0.1, -0.05) is 13.8 Å². The van der Waals surface area contributed by atoms with Crippen LogP contribution in [0.5, 0.6) is 0 Å². The standard InChI is InChI=1S/C14H17NO/c1-4-11-8-13-12(14(16)5-2)7-6-10(3)15(13)9-11/h6-9H,4-5H2,1-3H3. The van der Waals surface area contributed by atoms with E-state index in [0.29, 0.717) is 6.42 Å². The average molecular weight is 215 g/mol. The third-order valence-electron chi connectivity index (χ3n) is 3.05. The fourth-order valence-electron chi connectivity index (χ4n) is 2.01. The Morgan fingerprint density at radius 1 is 1.31 bits per heavy atom. The number of aryl methyl sites for hydroxylation is 2. The van der Waals surface area contributed by atoms with Gasteiger partial charge in [-0.2, -0.15) is 0 Å². The first-order valence-corrected chi connectivity index (χ1v) is 5.81. The highest BCUT2D eigenvalue weighted by molar-refractivity contribution is 6.02. The molecule has 0 aliphatic heterocycles. The number of hydrogen-bond acceptors (Lipinski definition) is 1. The minimum Gasteiger partial charge on any atom is -0.320 e. The van der Waals surface area contributed by atoms with Gasteiger partial charge in [0.2, 0.25) is 0 Å². The van der Waals surface area contributed by atoms with Crippen LogP contribution in [0.2, 0.25) is 0 Å². The zero-order chi connectivity index (χ0) is 11.7. The van der Waals surface area contributed by atoms with Gasteiger partial charge in [0, 0.05) is 23.9 Å². The molecule has 0 radical (unpaired) electrons. The lowest BCUT2D eigenvalue weighted by molar-refractivity contribution is 0.0989. The van der Waals surface area contributed by atoms with Crippen LogP contribution < -0.4 is 0 Å². The van der Waals surface area contributed by atoms with Crippen molar-refractivity contribution in [2.75, 3.05) is 0 Å². The van der Waals surface area contributed by atoms with Crippen molar-refractivity contribution >= 4 is 11.3 Å². The van der Waals surface area contributed by atoms with E-state index in [2.05, 4.69) is 30.5 Å². The van der Waals surface area contributed by atoms with Crippen molar-refractivity contribution in [3.8, 4) is 0 Å². The summed E-state index contributed by atoms with van der Waals surface area (Å²) in [4.78, 5) is 11.8. The van der Waals surface area contributed by atoms with Crippen LogP contribution in [0.15, 0.2) is 24.4 Å². The number of rotatable bonds is 3. The maximum absolute atomic E-state index is 11.8. The van der Waals surface area contributed by atoms with Crippen molar-refractivity contribution in [2.45, 2.75) is 33.6 Å². The molecule has 84 valence electrons. The third kappa shape index (κ3) is 1.64. The highest BCUT2D eigenvalue weighted by Gasteiger charge is 2.10. The van der Waals surface area contributed by atoms with Gasteiger partial charge in [0.25, 0.3) is 0 Å². The quantitative estimate of drug-likeness (QED) is 0.719. The van der Waals surface area contributed by atoms with Crippen molar-refractivity contribution < 1.29 is 4.79 Å². The predicted octanol–water partition coefficient (Wildman–Crippen LogP) is 3.40. The zero-order valence-electron chi connectivity index (χ0n) is 10.1. The van der Waals surface area contributed by atoms with Crippen LogP contribution in [-0.4, -0.2) is 10.2 Å². The molecule has 2 rings (SSSR count). The molecule has 2 heteroatoms. The van der Waals surface area contributed by atoms with Gasteiger partial charge >= 0.3 is 0 Å². The molecule has 0 unspecified atom stereocenters. The number of carbonyl (C=O) groups excluding carboxylic acids is 1. The summed E-state index contributed by atoms with van der Waals surface area (Å²) in [7, 11) is 0. The Balaban J connectivity index is 2.72. The number of hydrogen-bond donors (Lipinski definition) is 0. The lowest BCUT2D eigenvalue weighted by Gasteiger charge is -2.05. The molecule has 2 nitrogen and oxygen atoms in total. The van der Waals surface area contributed by atoms with Crippen LogP contribution in [0.4, 0.5) is 0 Å². The zero-order valence-corrected chi connectivity index (χ0v) is 10.1. The van der Waals surface area contributed by atoms with Crippen LogP contribution in [0.1, 0.15) is 41.9 Å². The summed E-state index contributed by atoms with van der Waals surface area (Å²) in [5, 5.41) is 0. The summed E-state index contributed by atoms with van der Waals surface area (Å²) < 4.78 is 2.11. The van der Waals surface area contributed by atoms with E-state index in [1.54, 1.807) is 0 Å². The van der Waals surface area contributed by atoms with E-state index in [1.807, 2.05) is 19.1 Å². The summed E-state index contributed by atoms with van der Waals surface area (Å²) in [5.74, 6) is 0.214. The summed E-state index contributed by atoms with van der Waals surface area (Å²) in [5.41, 5.74) is 4.33. The summed E-state index contributed by atoms with van der Waals surface area (Å²) >= 11 is 0. The Kier molecular flexibility index (Phi) is 2.82. The first-order chi connectivity index (χ1) is 7.67. The SMILES string of the molecule is CCC(=O)c1ccc(C)n2cc(CC)cc12. The van der Waals surface area contributed by atoms with Crippen LogP contribution in [0.3, 0.4) is 0 Å². The summed E-state index contributed by atoms with van der Waals surface area (Å²) in [6, 6.07) is 6.07. The lowest BCUT2D eigenvalue weighted by atomic mass is 10.1. The highest BCUT2D eigenvalue weighted by atomic mass is 16.1. The molecule has 0 spiro atoms. The Bertz CT molecular complexity index is 537. The van der Waals surface area contributed by atoms with Crippen LogP contribution in [0, 0.1) is 6.92 Å². The highest BCUT2D eigenvalue weighted by Crippen LogP contribution is 2.19. The van der Waals surface area contributed by atoms with Crippen molar-refractivity contribution in [1.29, 1.82) is 0 Å². The van der Waals surface area contributed by atoms with Crippen molar-refractivity contribution in [2.24, 2.45) is 0 Å². The second-order valence-electron chi connectivity index (χ2n) is 4.12. The first kappa shape index (κ1) is 10.9. The molecule has 0 atom stereocenters. The molecule has 0 amide bonds. The minimum atomic E-state index is 0.214. The minimum absolute atomic E-state index is 0.214. The van der Waals surface area contributed by atoms with Gasteiger partial charge in [-0.05, 0) is 37.1 Å². The Hall–Kier alpha value is -1.57. The Morgan fingerprint density at radius 3 is 2.69 bits per heavy atom. The topological polar surface area (TPSA) is 21.5 Å². The van der Waals surface area contributed by atoms with Crippen molar-refractivity contribution in [1.82, 2.24) is 4.40 Å². The van der Waals surface area contributed by atoms with E-state index in [1.165, 1.54) is 11.3 Å². The second-order valence-corrected chi connectivity index (χ2v) is 4.12. The van der Waals surface area contributed by atoms with Crippen LogP contribution in [0.25, 0.3) is 5.52 Å². The van der Waals surface area contributed by atoms with E-state index in [4.69, 9.17) is 0 Å². The number of aromatic nitrogens is 1. The molecule has 0 bridgehead atoms. The van der Waals surface area contributed by atoms with Gasteiger partial charge in [0.05, 0.1) is 5.52 Å². The molecule has 0 saturated heterocycles. The van der Waals surface area contributed by atoms with Crippen molar-refractivity contribution in [3.63, 3.8) is 0 Å².